The van der Waals surface area contributed by atoms with Crippen LogP contribution in [0, 0.1) is 0 Å². The van der Waals surface area contributed by atoms with Gasteiger partial charge in [-0.25, -0.2) is 0 Å². The van der Waals surface area contributed by atoms with Gasteiger partial charge in [0.15, 0.2) is 0 Å². The van der Waals surface area contributed by atoms with Crippen molar-refractivity contribution in [3.05, 3.63) is 29.8 Å². The third-order valence-corrected chi connectivity index (χ3v) is 5.10. The maximum absolute atomic E-state index is 6.20. The molecule has 1 aromatic carbocycles. The van der Waals surface area contributed by atoms with Crippen molar-refractivity contribution in [3.63, 3.8) is 0 Å². The van der Waals surface area contributed by atoms with E-state index in [0.29, 0.717) is 6.54 Å². The number of nitrogens with zero attached hydrogens (tertiary/aromatic N) is 1. The summed E-state index contributed by atoms with van der Waals surface area (Å²) < 4.78 is 5.38. The number of nitrogens with two attached hydrogens (primary N) is 1. The maximum atomic E-state index is 6.20. The molecule has 0 saturated carbocycles. The first-order valence-corrected chi connectivity index (χ1v) is 8.31. The highest BCUT2D eigenvalue weighted by molar-refractivity contribution is 5.34. The zero-order valence-electron chi connectivity index (χ0n) is 13.6. The third-order valence-electron chi connectivity index (χ3n) is 5.10. The van der Waals surface area contributed by atoms with Crippen LogP contribution in [0.3, 0.4) is 0 Å². The van der Waals surface area contributed by atoms with Gasteiger partial charge in [0.1, 0.15) is 5.75 Å². The summed E-state index contributed by atoms with van der Waals surface area (Å²) in [5, 5.41) is 0. The van der Waals surface area contributed by atoms with Crippen molar-refractivity contribution in [2.75, 3.05) is 33.3 Å². The molecule has 1 fully saturated rings. The summed E-state index contributed by atoms with van der Waals surface area (Å²) in [6, 6.07) is 8.45. The van der Waals surface area contributed by atoms with E-state index in [9.17, 15) is 0 Å². The first-order valence-electron chi connectivity index (χ1n) is 8.31. The SMILES string of the molecule is CCC(CN)(CCN1CCCCC1)c1cccc(OC)c1. The highest BCUT2D eigenvalue weighted by Gasteiger charge is 2.29. The van der Waals surface area contributed by atoms with Gasteiger partial charge >= 0.3 is 0 Å². The second-order valence-corrected chi connectivity index (χ2v) is 6.22. The molecule has 0 bridgehead atoms. The first-order chi connectivity index (χ1) is 10.2. The highest BCUT2D eigenvalue weighted by atomic mass is 16.5. The van der Waals surface area contributed by atoms with Gasteiger partial charge in [0, 0.05) is 12.0 Å². The summed E-state index contributed by atoms with van der Waals surface area (Å²) in [7, 11) is 1.73. The predicted octanol–water partition coefficient (Wildman–Crippen LogP) is 3.18. The largest absolute Gasteiger partial charge is 0.497 e. The van der Waals surface area contributed by atoms with Crippen LogP contribution in [-0.2, 0) is 5.41 Å². The Kier molecular flexibility index (Phi) is 6.07. The molecule has 0 amide bonds. The monoisotopic (exact) mass is 290 g/mol. The minimum atomic E-state index is 0.0754. The molecular weight excluding hydrogens is 260 g/mol. The molecule has 3 nitrogen and oxygen atoms in total. The number of methoxy groups -OCH3 is 1. The Labute approximate surface area is 129 Å². The minimum absolute atomic E-state index is 0.0754. The maximum Gasteiger partial charge on any atom is 0.119 e. The van der Waals surface area contributed by atoms with Crippen LogP contribution < -0.4 is 10.5 Å². The normalized spacial score (nSPS) is 19.2. The fourth-order valence-electron chi connectivity index (χ4n) is 3.40. The van der Waals surface area contributed by atoms with E-state index in [-0.39, 0.29) is 5.41 Å². The lowest BCUT2D eigenvalue weighted by atomic mass is 9.75. The molecule has 1 aliphatic heterocycles. The van der Waals surface area contributed by atoms with Crippen LogP contribution in [-0.4, -0.2) is 38.2 Å². The quantitative estimate of drug-likeness (QED) is 0.838. The van der Waals surface area contributed by atoms with Crippen LogP contribution in [0.15, 0.2) is 24.3 Å². The van der Waals surface area contributed by atoms with E-state index in [1.54, 1.807) is 7.11 Å². The molecule has 0 aliphatic carbocycles. The average Bonchev–Trinajstić information content (AvgIpc) is 2.57. The molecule has 0 radical (unpaired) electrons. The molecule has 1 saturated heterocycles. The summed E-state index contributed by atoms with van der Waals surface area (Å²) >= 11 is 0. The Hall–Kier alpha value is -1.06. The zero-order chi connectivity index (χ0) is 15.1. The Bertz CT molecular complexity index is 423. The van der Waals surface area contributed by atoms with Gasteiger partial charge in [-0.1, -0.05) is 25.5 Å². The van der Waals surface area contributed by atoms with Crippen LogP contribution in [0.5, 0.6) is 5.75 Å². The second-order valence-electron chi connectivity index (χ2n) is 6.22. The van der Waals surface area contributed by atoms with Crippen molar-refractivity contribution >= 4 is 0 Å². The van der Waals surface area contributed by atoms with E-state index >= 15 is 0 Å². The number of hydrogen-bond acceptors (Lipinski definition) is 3. The fraction of sp³-hybridized carbons (Fsp3) is 0.667. The topological polar surface area (TPSA) is 38.5 Å². The number of rotatable bonds is 7. The molecule has 1 atom stereocenters. The van der Waals surface area contributed by atoms with Gasteiger partial charge in [-0.15, -0.1) is 0 Å². The Morgan fingerprint density at radius 2 is 2.00 bits per heavy atom. The number of benzene rings is 1. The highest BCUT2D eigenvalue weighted by Crippen LogP contribution is 2.33. The van der Waals surface area contributed by atoms with Gasteiger partial charge in [-0.2, -0.15) is 0 Å². The smallest absolute Gasteiger partial charge is 0.119 e. The van der Waals surface area contributed by atoms with Crippen molar-refractivity contribution in [1.82, 2.24) is 4.90 Å². The van der Waals surface area contributed by atoms with Gasteiger partial charge in [-0.3, -0.25) is 0 Å². The number of piperidine rings is 1. The molecule has 2 rings (SSSR count). The molecule has 21 heavy (non-hydrogen) atoms. The van der Waals surface area contributed by atoms with Crippen LogP contribution >= 0.6 is 0 Å². The van der Waals surface area contributed by atoms with Gasteiger partial charge < -0.3 is 15.4 Å². The van der Waals surface area contributed by atoms with Crippen molar-refractivity contribution in [2.45, 2.75) is 44.4 Å². The van der Waals surface area contributed by atoms with Gasteiger partial charge in [0.05, 0.1) is 7.11 Å². The van der Waals surface area contributed by atoms with E-state index in [1.807, 2.05) is 6.07 Å². The molecular formula is C18H30N2O. The minimum Gasteiger partial charge on any atom is -0.497 e. The third kappa shape index (κ3) is 3.98. The molecule has 3 heteroatoms. The lowest BCUT2D eigenvalue weighted by Crippen LogP contribution is -2.40. The molecule has 0 spiro atoms. The summed E-state index contributed by atoms with van der Waals surface area (Å²) in [5.74, 6) is 0.928. The van der Waals surface area contributed by atoms with Crippen molar-refractivity contribution < 1.29 is 4.74 Å². The molecule has 1 aromatic rings. The Balaban J connectivity index is 2.10. The van der Waals surface area contributed by atoms with Crippen molar-refractivity contribution in [2.24, 2.45) is 5.73 Å². The summed E-state index contributed by atoms with van der Waals surface area (Å²) in [6.07, 6.45) is 6.29. The second kappa shape index (κ2) is 7.81. The summed E-state index contributed by atoms with van der Waals surface area (Å²) in [4.78, 5) is 2.60. The van der Waals surface area contributed by atoms with E-state index in [2.05, 4.69) is 30.0 Å². The van der Waals surface area contributed by atoms with Crippen molar-refractivity contribution in [1.29, 1.82) is 0 Å². The molecule has 0 aromatic heterocycles. The van der Waals surface area contributed by atoms with Gasteiger partial charge in [0.25, 0.3) is 0 Å². The van der Waals surface area contributed by atoms with Crippen LogP contribution in [0.1, 0.15) is 44.6 Å². The Morgan fingerprint density at radius 3 is 2.62 bits per heavy atom. The zero-order valence-corrected chi connectivity index (χ0v) is 13.6. The first kappa shape index (κ1) is 16.3. The molecule has 1 heterocycles. The van der Waals surface area contributed by atoms with Gasteiger partial charge in [-0.05, 0) is 63.0 Å². The molecule has 1 aliphatic rings. The summed E-state index contributed by atoms with van der Waals surface area (Å²) in [5.41, 5.74) is 7.60. The summed E-state index contributed by atoms with van der Waals surface area (Å²) in [6.45, 7) is 6.61. The van der Waals surface area contributed by atoms with Crippen molar-refractivity contribution in [3.8, 4) is 5.75 Å². The number of ether oxygens (including phenoxy) is 1. The standard InChI is InChI=1S/C18H30N2O/c1-3-18(15-19,10-13-20-11-5-4-6-12-20)16-8-7-9-17(14-16)21-2/h7-9,14H,3-6,10-13,15,19H2,1-2H3. The average molecular weight is 290 g/mol. The lowest BCUT2D eigenvalue weighted by molar-refractivity contribution is 0.202. The van der Waals surface area contributed by atoms with E-state index in [4.69, 9.17) is 10.5 Å². The van der Waals surface area contributed by atoms with Crippen LogP contribution in [0.4, 0.5) is 0 Å². The van der Waals surface area contributed by atoms with E-state index in [1.165, 1.54) is 37.9 Å². The van der Waals surface area contributed by atoms with Crippen LogP contribution in [0.2, 0.25) is 0 Å². The number of hydrogen-bond donors (Lipinski definition) is 1. The number of likely N-dealkylation sites (tertiary alicyclic amines) is 1. The molecule has 1 unspecified atom stereocenters. The Morgan fingerprint density at radius 1 is 1.24 bits per heavy atom. The lowest BCUT2D eigenvalue weighted by Gasteiger charge is -2.36. The predicted molar refractivity (Wildman–Crippen MR) is 88.9 cm³/mol. The van der Waals surface area contributed by atoms with Crippen LogP contribution in [0.25, 0.3) is 0 Å². The molecule has 118 valence electrons. The van der Waals surface area contributed by atoms with Gasteiger partial charge in [0.2, 0.25) is 0 Å². The molecule has 2 N–H and O–H groups in total. The van der Waals surface area contributed by atoms with E-state index < -0.39 is 0 Å². The fourth-order valence-corrected chi connectivity index (χ4v) is 3.40. The van der Waals surface area contributed by atoms with E-state index in [0.717, 1.165) is 25.1 Å².